The molecule has 1 aliphatic heterocycles. The van der Waals surface area contributed by atoms with Crippen molar-refractivity contribution in [2.45, 2.75) is 56.9 Å². The third-order valence-electron chi connectivity index (χ3n) is 7.93. The zero-order valence-electron chi connectivity index (χ0n) is 22.5. The second-order valence-corrected chi connectivity index (χ2v) is 10.7. The van der Waals surface area contributed by atoms with Gasteiger partial charge in [0.25, 0.3) is 5.82 Å². The number of hydrogen-bond acceptors (Lipinski definition) is 5. The molecule has 0 bridgehead atoms. The van der Waals surface area contributed by atoms with Crippen LogP contribution < -0.4 is 5.32 Å². The van der Waals surface area contributed by atoms with Crippen LogP contribution in [0.1, 0.15) is 48.2 Å². The van der Waals surface area contributed by atoms with Gasteiger partial charge in [-0.05, 0) is 99.1 Å². The normalized spacial score (nSPS) is 18.1. The number of anilines is 2. The zero-order valence-corrected chi connectivity index (χ0v) is 22.5. The van der Waals surface area contributed by atoms with E-state index in [-0.39, 0.29) is 17.5 Å². The topological polar surface area (TPSA) is 58.9 Å². The first-order chi connectivity index (χ1) is 20.0. The number of rotatable bonds is 5. The highest BCUT2D eigenvalue weighted by molar-refractivity contribution is 5.62. The molecule has 0 saturated carbocycles. The Morgan fingerprint density at radius 3 is 2.17 bits per heavy atom. The van der Waals surface area contributed by atoms with Gasteiger partial charge in [-0.1, -0.05) is 24.3 Å². The molecule has 4 aromatic rings. The van der Waals surface area contributed by atoms with Crippen LogP contribution in [0.5, 0.6) is 0 Å². The Bertz CT molecular complexity index is 1550. The molecular weight excluding hydrogens is 558 g/mol. The van der Waals surface area contributed by atoms with Crippen molar-refractivity contribution in [2.24, 2.45) is 0 Å². The van der Waals surface area contributed by atoms with Crippen LogP contribution in [0.3, 0.4) is 0 Å². The highest BCUT2D eigenvalue weighted by atomic mass is 19.4. The van der Waals surface area contributed by atoms with E-state index in [0.717, 1.165) is 61.2 Å². The molecule has 0 amide bonds. The molecule has 1 saturated heterocycles. The molecule has 12 heteroatoms. The second-order valence-electron chi connectivity index (χ2n) is 10.7. The fraction of sp³-hybridized carbons (Fsp3) is 0.367. The monoisotopic (exact) mass is 586 g/mol. The van der Waals surface area contributed by atoms with Gasteiger partial charge in [-0.2, -0.15) is 36.0 Å². The molecular formula is C30H28F6N6. The predicted octanol–water partition coefficient (Wildman–Crippen LogP) is 7.45. The maximum Gasteiger partial charge on any atom is 0.453 e. The van der Waals surface area contributed by atoms with Crippen LogP contribution in [0.2, 0.25) is 0 Å². The van der Waals surface area contributed by atoms with Crippen LogP contribution in [0, 0.1) is 0 Å². The summed E-state index contributed by atoms with van der Waals surface area (Å²) in [5, 5.41) is 6.68. The average Bonchev–Trinajstić information content (AvgIpc) is 3.60. The van der Waals surface area contributed by atoms with Gasteiger partial charge in [-0.15, -0.1) is 5.10 Å². The first kappa shape index (κ1) is 28.2. The molecule has 6 nitrogen and oxygen atoms in total. The molecule has 42 heavy (non-hydrogen) atoms. The van der Waals surface area contributed by atoms with E-state index in [9.17, 15) is 26.3 Å². The van der Waals surface area contributed by atoms with Crippen molar-refractivity contribution in [3.63, 3.8) is 0 Å². The van der Waals surface area contributed by atoms with Crippen molar-refractivity contribution >= 4 is 11.6 Å². The van der Waals surface area contributed by atoms with E-state index >= 15 is 0 Å². The molecule has 1 N–H and O–H groups in total. The Labute approximate surface area is 238 Å². The molecule has 0 spiro atoms. The molecule has 0 radical (unpaired) electrons. The number of alkyl halides is 6. The smallest absolute Gasteiger partial charge is 0.324 e. The van der Waals surface area contributed by atoms with Crippen molar-refractivity contribution < 1.29 is 26.3 Å². The number of likely N-dealkylation sites (tertiary alicyclic amines) is 1. The minimum Gasteiger partial charge on any atom is -0.324 e. The first-order valence-electron chi connectivity index (χ1n) is 13.9. The van der Waals surface area contributed by atoms with E-state index in [1.54, 1.807) is 12.1 Å². The fourth-order valence-electron chi connectivity index (χ4n) is 5.77. The number of nitrogens with one attached hydrogen (secondary N) is 1. The van der Waals surface area contributed by atoms with Gasteiger partial charge in [0.2, 0.25) is 5.95 Å². The van der Waals surface area contributed by atoms with Crippen molar-refractivity contribution in [1.29, 1.82) is 0 Å². The van der Waals surface area contributed by atoms with Gasteiger partial charge < -0.3 is 10.2 Å². The van der Waals surface area contributed by atoms with E-state index in [4.69, 9.17) is 0 Å². The number of hydrogen-bond donors (Lipinski definition) is 1. The summed E-state index contributed by atoms with van der Waals surface area (Å²) in [4.78, 5) is 10.7. The molecule has 220 valence electrons. The first-order valence-corrected chi connectivity index (χ1v) is 13.9. The van der Waals surface area contributed by atoms with Crippen LogP contribution >= 0.6 is 0 Å². The Morgan fingerprint density at radius 1 is 0.762 bits per heavy atom. The molecule has 3 heterocycles. The van der Waals surface area contributed by atoms with Crippen molar-refractivity contribution in [2.75, 3.05) is 18.4 Å². The number of halogens is 6. The van der Waals surface area contributed by atoms with Crippen LogP contribution in [0.25, 0.3) is 17.1 Å². The lowest BCUT2D eigenvalue weighted by molar-refractivity contribution is -0.144. The van der Waals surface area contributed by atoms with Crippen LogP contribution in [0.15, 0.2) is 60.7 Å². The van der Waals surface area contributed by atoms with Gasteiger partial charge in [0.15, 0.2) is 5.82 Å². The lowest BCUT2D eigenvalue weighted by Crippen LogP contribution is -2.32. The van der Waals surface area contributed by atoms with E-state index in [1.807, 2.05) is 18.2 Å². The van der Waals surface area contributed by atoms with Gasteiger partial charge >= 0.3 is 12.4 Å². The number of nitrogens with zero attached hydrogens (tertiary/aromatic N) is 5. The summed E-state index contributed by atoms with van der Waals surface area (Å²) in [5.41, 5.74) is 2.81. The molecule has 1 aliphatic carbocycles. The Kier molecular flexibility index (Phi) is 7.42. The number of fused-ring (bicyclic) bond motifs is 1. The van der Waals surface area contributed by atoms with Gasteiger partial charge in [-0.3, -0.25) is 0 Å². The number of benzene rings is 2. The second kappa shape index (κ2) is 11.0. The minimum absolute atomic E-state index is 0.0288. The van der Waals surface area contributed by atoms with E-state index in [1.165, 1.54) is 36.6 Å². The highest BCUT2D eigenvalue weighted by Crippen LogP contribution is 2.33. The predicted molar refractivity (Wildman–Crippen MR) is 146 cm³/mol. The number of aromatic nitrogens is 4. The third kappa shape index (κ3) is 5.99. The van der Waals surface area contributed by atoms with E-state index in [0.29, 0.717) is 17.3 Å². The summed E-state index contributed by atoms with van der Waals surface area (Å²) >= 11 is 0. The highest BCUT2D eigenvalue weighted by Gasteiger charge is 2.38. The molecule has 1 unspecified atom stereocenters. The summed E-state index contributed by atoms with van der Waals surface area (Å²) in [6.07, 6.45) is -2.87. The average molecular weight is 587 g/mol. The van der Waals surface area contributed by atoms with Crippen LogP contribution in [0.4, 0.5) is 38.0 Å². The molecule has 1 atom stereocenters. The molecule has 2 aliphatic rings. The fourth-order valence-corrected chi connectivity index (χ4v) is 5.77. The molecule has 2 aromatic heterocycles. The molecule has 6 rings (SSSR count). The zero-order chi connectivity index (χ0) is 29.5. The largest absolute Gasteiger partial charge is 0.453 e. The van der Waals surface area contributed by atoms with E-state index in [2.05, 4.69) is 25.3 Å². The lowest BCUT2D eigenvalue weighted by atomic mass is 10.0. The SMILES string of the molecule is FC(F)(F)c1ccc(-c2cccc(-n3nc(C(F)(F)F)nc3Nc3ccc4c(c3)CCC(N3CCCC3)CC4)n2)cc1. The number of aryl methyl sites for hydroxylation is 2. The summed E-state index contributed by atoms with van der Waals surface area (Å²) in [6, 6.07) is 15.3. The van der Waals surface area contributed by atoms with Crippen LogP contribution in [-0.2, 0) is 25.2 Å². The van der Waals surface area contributed by atoms with E-state index < -0.39 is 23.7 Å². The quantitative estimate of drug-likeness (QED) is 0.194. The summed E-state index contributed by atoms with van der Waals surface area (Å²) in [5.74, 6) is -1.49. The lowest BCUT2D eigenvalue weighted by Gasteiger charge is -2.25. The third-order valence-corrected chi connectivity index (χ3v) is 7.93. The van der Waals surface area contributed by atoms with Gasteiger partial charge in [0, 0.05) is 17.3 Å². The summed E-state index contributed by atoms with van der Waals surface area (Å²) in [7, 11) is 0. The Balaban J connectivity index is 1.28. The van der Waals surface area contributed by atoms with Crippen LogP contribution in [-0.4, -0.2) is 43.8 Å². The molecule has 1 fully saturated rings. The van der Waals surface area contributed by atoms with Gasteiger partial charge in [0.1, 0.15) is 0 Å². The standard InChI is InChI=1S/C30H28F6N6/c31-29(32,33)22-11-6-20(7-12-22)25-4-3-5-26(38-25)42-28(39-27(40-42)30(34,35)36)37-23-13-8-19-9-14-24(15-10-21(19)18-23)41-16-1-2-17-41/h3-8,11-13,18,24H,1-2,9-10,14-17H2,(H,37,39,40). The van der Waals surface area contributed by atoms with Crippen molar-refractivity contribution in [1.82, 2.24) is 24.6 Å². The van der Waals surface area contributed by atoms with Gasteiger partial charge in [0.05, 0.1) is 11.3 Å². The summed E-state index contributed by atoms with van der Waals surface area (Å²) < 4.78 is 80.9. The number of pyridine rings is 1. The Hall–Kier alpha value is -3.93. The Morgan fingerprint density at radius 2 is 1.48 bits per heavy atom. The summed E-state index contributed by atoms with van der Waals surface area (Å²) in [6.45, 7) is 2.28. The maximum absolute atomic E-state index is 13.7. The minimum atomic E-state index is -4.80. The van der Waals surface area contributed by atoms with Gasteiger partial charge in [-0.25, -0.2) is 4.98 Å². The molecule has 2 aromatic carbocycles. The van der Waals surface area contributed by atoms with Crippen molar-refractivity contribution in [3.05, 3.63) is 83.2 Å². The maximum atomic E-state index is 13.7. The van der Waals surface area contributed by atoms with Crippen molar-refractivity contribution in [3.8, 4) is 17.1 Å².